The van der Waals surface area contributed by atoms with Gasteiger partial charge >= 0.3 is 0 Å². The Kier molecular flexibility index (Phi) is 5.55. The molecule has 0 amide bonds. The van der Waals surface area contributed by atoms with Crippen LogP contribution in [0.1, 0.15) is 43.8 Å². The Morgan fingerprint density at radius 2 is 2.04 bits per heavy atom. The number of hydrogen-bond donors (Lipinski definition) is 1. The number of aryl methyl sites for hydroxylation is 1. The summed E-state index contributed by atoms with van der Waals surface area (Å²) in [6, 6.07) is 7.42. The fourth-order valence-corrected chi connectivity index (χ4v) is 4.15. The maximum atomic E-state index is 6.16. The molecule has 6 nitrogen and oxygen atoms in total. The zero-order valence-corrected chi connectivity index (χ0v) is 15.9. The van der Waals surface area contributed by atoms with Gasteiger partial charge in [-0.05, 0) is 24.5 Å². The van der Waals surface area contributed by atoms with Gasteiger partial charge in [0.2, 0.25) is 16.9 Å². The number of H-pyrrole nitrogens is 1. The van der Waals surface area contributed by atoms with Crippen molar-refractivity contribution in [1.29, 1.82) is 0 Å². The lowest BCUT2D eigenvalue weighted by Gasteiger charge is -2.05. The molecular formula is C18H20ClN5OS. The lowest BCUT2D eigenvalue weighted by Crippen LogP contribution is -1.97. The number of rotatable bonds is 7. The summed E-state index contributed by atoms with van der Waals surface area (Å²) in [6.45, 7) is 0. The lowest BCUT2D eigenvalue weighted by atomic mass is 10.0. The first-order valence-corrected chi connectivity index (χ1v) is 10.3. The van der Waals surface area contributed by atoms with Crippen molar-refractivity contribution in [3.63, 3.8) is 0 Å². The molecule has 1 fully saturated rings. The van der Waals surface area contributed by atoms with Crippen LogP contribution in [0.25, 0.3) is 11.5 Å². The van der Waals surface area contributed by atoms with E-state index < -0.39 is 0 Å². The highest BCUT2D eigenvalue weighted by Gasteiger charge is 2.16. The van der Waals surface area contributed by atoms with E-state index >= 15 is 0 Å². The third-order valence-electron chi connectivity index (χ3n) is 4.67. The molecule has 1 aromatic carbocycles. The van der Waals surface area contributed by atoms with Crippen LogP contribution in [0.4, 0.5) is 0 Å². The molecule has 0 aliphatic heterocycles. The SMILES string of the molecule is Clc1ccccc1-c1nnc(CSc2n[nH]c(CCC3CCCC3)n2)o1. The predicted octanol–water partition coefficient (Wildman–Crippen LogP) is 4.92. The maximum Gasteiger partial charge on any atom is 0.249 e. The Morgan fingerprint density at radius 1 is 1.19 bits per heavy atom. The number of aromatic nitrogens is 5. The standard InChI is InChI=1S/C18H20ClN5OS/c19-14-8-4-3-7-13(14)17-23-22-16(25-17)11-26-18-20-15(21-24-18)10-9-12-5-1-2-6-12/h3-4,7-8,12H,1-2,5-6,9-11H2,(H,20,21,24). The molecule has 4 rings (SSSR count). The second-order valence-electron chi connectivity index (χ2n) is 6.52. The van der Waals surface area contributed by atoms with Crippen molar-refractivity contribution in [1.82, 2.24) is 25.4 Å². The van der Waals surface area contributed by atoms with Crippen LogP contribution in [0.3, 0.4) is 0 Å². The largest absolute Gasteiger partial charge is 0.420 e. The number of thioether (sulfide) groups is 1. The Balaban J connectivity index is 1.31. The van der Waals surface area contributed by atoms with E-state index in [-0.39, 0.29) is 0 Å². The summed E-state index contributed by atoms with van der Waals surface area (Å²) in [7, 11) is 0. The van der Waals surface area contributed by atoms with Crippen LogP contribution in [-0.2, 0) is 12.2 Å². The van der Waals surface area contributed by atoms with E-state index in [0.717, 1.165) is 23.7 Å². The van der Waals surface area contributed by atoms with Gasteiger partial charge in [-0.1, -0.05) is 61.2 Å². The highest BCUT2D eigenvalue weighted by Crippen LogP contribution is 2.29. The number of hydrogen-bond acceptors (Lipinski definition) is 6. The Bertz CT molecular complexity index is 859. The molecule has 8 heteroatoms. The van der Waals surface area contributed by atoms with Gasteiger partial charge in [0.15, 0.2) is 0 Å². The van der Waals surface area contributed by atoms with Crippen molar-refractivity contribution >= 4 is 23.4 Å². The topological polar surface area (TPSA) is 80.5 Å². The van der Waals surface area contributed by atoms with Gasteiger partial charge in [0.05, 0.1) is 16.3 Å². The van der Waals surface area contributed by atoms with Crippen molar-refractivity contribution in [3.8, 4) is 11.5 Å². The first-order chi connectivity index (χ1) is 12.8. The summed E-state index contributed by atoms with van der Waals surface area (Å²) in [5.74, 6) is 3.30. The molecule has 136 valence electrons. The minimum absolute atomic E-state index is 0.429. The number of nitrogens with one attached hydrogen (secondary N) is 1. The average molecular weight is 390 g/mol. The summed E-state index contributed by atoms with van der Waals surface area (Å²) >= 11 is 7.65. The zero-order valence-electron chi connectivity index (χ0n) is 14.3. The lowest BCUT2D eigenvalue weighted by molar-refractivity contribution is 0.497. The molecule has 0 saturated heterocycles. The van der Waals surface area contributed by atoms with Crippen molar-refractivity contribution < 1.29 is 4.42 Å². The smallest absolute Gasteiger partial charge is 0.249 e. The van der Waals surface area contributed by atoms with Gasteiger partial charge in [-0.3, -0.25) is 5.10 Å². The maximum absolute atomic E-state index is 6.16. The van der Waals surface area contributed by atoms with E-state index in [1.807, 2.05) is 18.2 Å². The van der Waals surface area contributed by atoms with Crippen molar-refractivity contribution in [2.45, 2.75) is 49.4 Å². The highest BCUT2D eigenvalue weighted by molar-refractivity contribution is 7.98. The van der Waals surface area contributed by atoms with Gasteiger partial charge in [0.25, 0.3) is 0 Å². The van der Waals surface area contributed by atoms with Gasteiger partial charge in [-0.15, -0.1) is 15.3 Å². The third kappa shape index (κ3) is 4.27. The zero-order chi connectivity index (χ0) is 17.8. The van der Waals surface area contributed by atoms with Crippen LogP contribution in [-0.4, -0.2) is 25.4 Å². The van der Waals surface area contributed by atoms with Crippen molar-refractivity contribution in [2.24, 2.45) is 5.92 Å². The van der Waals surface area contributed by atoms with Gasteiger partial charge in [0.1, 0.15) is 5.82 Å². The molecule has 2 aromatic heterocycles. The summed E-state index contributed by atoms with van der Waals surface area (Å²) in [5.41, 5.74) is 0.741. The summed E-state index contributed by atoms with van der Waals surface area (Å²) < 4.78 is 5.70. The van der Waals surface area contributed by atoms with Crippen molar-refractivity contribution in [2.75, 3.05) is 0 Å². The minimum atomic E-state index is 0.429. The number of nitrogens with zero attached hydrogens (tertiary/aromatic N) is 4. The second kappa shape index (κ2) is 8.22. The molecule has 0 unspecified atom stereocenters. The number of halogens is 1. The fourth-order valence-electron chi connectivity index (χ4n) is 3.28. The molecule has 1 aliphatic rings. The first kappa shape index (κ1) is 17.5. The molecule has 1 N–H and O–H groups in total. The van der Waals surface area contributed by atoms with Gasteiger partial charge in [0, 0.05) is 6.42 Å². The molecule has 0 bridgehead atoms. The molecule has 1 saturated carbocycles. The second-order valence-corrected chi connectivity index (χ2v) is 7.87. The van der Waals surface area contributed by atoms with Crippen molar-refractivity contribution in [3.05, 3.63) is 41.0 Å². The summed E-state index contributed by atoms with van der Waals surface area (Å²) in [4.78, 5) is 4.55. The fraction of sp³-hybridized carbons (Fsp3) is 0.444. The normalized spacial score (nSPS) is 15.0. The number of benzene rings is 1. The Hall–Kier alpha value is -1.86. The van der Waals surface area contributed by atoms with Crippen LogP contribution < -0.4 is 0 Å². The van der Waals surface area contributed by atoms with Crippen LogP contribution >= 0.6 is 23.4 Å². The van der Waals surface area contributed by atoms with E-state index in [0.29, 0.717) is 27.7 Å². The van der Waals surface area contributed by atoms with E-state index in [1.54, 1.807) is 6.07 Å². The Labute approximate surface area is 161 Å². The molecule has 2 heterocycles. The van der Waals surface area contributed by atoms with E-state index in [4.69, 9.17) is 16.0 Å². The molecule has 0 atom stereocenters. The third-order valence-corrected chi connectivity index (χ3v) is 5.83. The molecule has 1 aliphatic carbocycles. The monoisotopic (exact) mass is 389 g/mol. The van der Waals surface area contributed by atoms with Gasteiger partial charge in [-0.25, -0.2) is 4.98 Å². The minimum Gasteiger partial charge on any atom is -0.420 e. The van der Waals surface area contributed by atoms with Crippen LogP contribution in [0.5, 0.6) is 0 Å². The van der Waals surface area contributed by atoms with Crippen LogP contribution in [0.15, 0.2) is 33.8 Å². The first-order valence-electron chi connectivity index (χ1n) is 8.89. The molecule has 0 radical (unpaired) electrons. The number of aromatic amines is 1. The molecular weight excluding hydrogens is 370 g/mol. The van der Waals surface area contributed by atoms with Gasteiger partial charge in [-0.2, -0.15) is 0 Å². The van der Waals surface area contributed by atoms with E-state index in [9.17, 15) is 0 Å². The highest BCUT2D eigenvalue weighted by atomic mass is 35.5. The molecule has 3 aromatic rings. The van der Waals surface area contributed by atoms with E-state index in [2.05, 4.69) is 25.4 Å². The Morgan fingerprint density at radius 3 is 2.88 bits per heavy atom. The average Bonchev–Trinajstić information content (AvgIpc) is 3.40. The summed E-state index contributed by atoms with van der Waals surface area (Å²) in [6.07, 6.45) is 7.64. The van der Waals surface area contributed by atoms with Crippen LogP contribution in [0, 0.1) is 5.92 Å². The van der Waals surface area contributed by atoms with Crippen LogP contribution in [0.2, 0.25) is 5.02 Å². The quantitative estimate of drug-likeness (QED) is 0.577. The summed E-state index contributed by atoms with van der Waals surface area (Å²) in [5, 5.41) is 16.8. The van der Waals surface area contributed by atoms with E-state index in [1.165, 1.54) is 43.9 Å². The molecule has 0 spiro atoms. The predicted molar refractivity (Wildman–Crippen MR) is 101 cm³/mol. The molecule has 26 heavy (non-hydrogen) atoms. The van der Waals surface area contributed by atoms with Gasteiger partial charge < -0.3 is 4.42 Å².